The van der Waals surface area contributed by atoms with Crippen molar-refractivity contribution in [2.45, 2.75) is 6.54 Å². The van der Waals surface area contributed by atoms with Crippen molar-refractivity contribution in [1.29, 1.82) is 0 Å². The first-order chi connectivity index (χ1) is 29.4. The smallest absolute Gasteiger partial charge is 0.163 e. The van der Waals surface area contributed by atoms with Gasteiger partial charge in [0, 0.05) is 47.6 Å². The van der Waals surface area contributed by atoms with E-state index >= 15 is 0 Å². The Bertz CT molecular complexity index is 3330. The zero-order valence-corrected chi connectivity index (χ0v) is 27.6. The van der Waals surface area contributed by atoms with Gasteiger partial charge in [-0.15, -0.1) is 11.3 Å². The van der Waals surface area contributed by atoms with Crippen LogP contribution < -0.4 is 0 Å². The third-order valence-corrected chi connectivity index (χ3v) is 10.1. The highest BCUT2D eigenvalue weighted by atomic mass is 32.1. The normalized spacial score (nSPS) is 14.4. The summed E-state index contributed by atoms with van der Waals surface area (Å²) < 4.78 is 90.8. The lowest BCUT2D eigenvalue weighted by Gasteiger charge is -2.12. The minimum Gasteiger partial charge on any atom is -0.332 e. The maximum absolute atomic E-state index is 9.30. The van der Waals surface area contributed by atoms with E-state index in [4.69, 9.17) is 25.9 Å². The van der Waals surface area contributed by atoms with Gasteiger partial charge in [0.25, 0.3) is 0 Å². The van der Waals surface area contributed by atoms with Gasteiger partial charge in [-0.05, 0) is 40.4 Å². The number of fused-ring (bicyclic) bond motifs is 7. The van der Waals surface area contributed by atoms with E-state index in [2.05, 4.69) is 0 Å². The molecule has 5 heteroatoms. The Kier molecular flexibility index (Phi) is 4.99. The average Bonchev–Trinajstić information content (AvgIpc) is 3.86. The number of nitrogens with zero attached hydrogens (tertiary/aromatic N) is 4. The van der Waals surface area contributed by atoms with Crippen molar-refractivity contribution in [3.63, 3.8) is 0 Å². The average molecular weight is 681 g/mol. The molecule has 0 saturated carbocycles. The topological polar surface area (TPSA) is 43.6 Å². The highest BCUT2D eigenvalue weighted by Crippen LogP contribution is 2.42. The Labute approximate surface area is 313 Å². The molecular weight excluding hydrogens is 641 g/mol. The molecule has 10 rings (SSSR count). The Morgan fingerprint density at radius 3 is 1.63 bits per heavy atom. The highest BCUT2D eigenvalue weighted by Gasteiger charge is 2.19. The molecule has 4 nitrogen and oxygen atoms in total. The Morgan fingerprint density at radius 2 is 1.00 bits per heavy atom. The number of aromatic nitrogens is 4. The molecule has 3 heterocycles. The molecule has 3 aromatic heterocycles. The van der Waals surface area contributed by atoms with E-state index in [9.17, 15) is 2.74 Å². The number of rotatable bonds is 6. The van der Waals surface area contributed by atoms with Crippen LogP contribution in [-0.4, -0.2) is 19.5 Å². The van der Waals surface area contributed by atoms with E-state index in [0.29, 0.717) is 22.8 Å². The van der Waals surface area contributed by atoms with Crippen LogP contribution in [0.4, 0.5) is 0 Å². The predicted octanol–water partition coefficient (Wildman–Crippen LogP) is 12.1. The number of benzene rings is 7. The molecule has 7 aromatic carbocycles. The minimum absolute atomic E-state index is 0.0177. The maximum Gasteiger partial charge on any atom is 0.163 e. The van der Waals surface area contributed by atoms with Crippen LogP contribution in [0.15, 0.2) is 170 Å². The second-order valence-electron chi connectivity index (χ2n) is 12.1. The van der Waals surface area contributed by atoms with E-state index in [1.807, 2.05) is 109 Å². The number of para-hydroxylation sites is 1. The van der Waals surface area contributed by atoms with Gasteiger partial charge in [-0.1, -0.05) is 151 Å². The van der Waals surface area contributed by atoms with Crippen LogP contribution in [0.2, 0.25) is 0 Å². The van der Waals surface area contributed by atoms with Gasteiger partial charge in [-0.2, -0.15) is 0 Å². The largest absolute Gasteiger partial charge is 0.332 e. The third kappa shape index (κ3) is 5.18. The molecule has 0 N–H and O–H groups in total. The number of thiophene rings is 1. The second kappa shape index (κ2) is 12.2. The van der Waals surface area contributed by atoms with Gasteiger partial charge in [0.2, 0.25) is 0 Å². The van der Waals surface area contributed by atoms with Crippen molar-refractivity contribution >= 4 is 53.3 Å². The summed E-state index contributed by atoms with van der Waals surface area (Å²) in [4.78, 5) is 14.9. The first-order valence-electron chi connectivity index (χ1n) is 21.3. The van der Waals surface area contributed by atoms with Crippen molar-refractivity contribution < 1.29 is 13.7 Å². The standard InChI is InChI=1S/C46H30N4S/c1-3-11-30(12-4-1)32-19-23-34(24-20-32)45-47-42(48-46(49-45)35-25-21-33(22-26-35)31-13-5-2-6-14-31)29-50-39-17-9-7-15-36(39)37-27-28-41-43(44(37)50)38-16-8-10-18-40(38)51-41/h1-28H,29H2/i7D,8D,9D,10D,15D,16D,17D,18D,27D,28D. The van der Waals surface area contributed by atoms with Crippen LogP contribution in [0.3, 0.4) is 0 Å². The summed E-state index contributed by atoms with van der Waals surface area (Å²) in [6, 6.07) is 31.7. The number of hydrogen-bond donors (Lipinski definition) is 0. The maximum atomic E-state index is 9.30. The van der Waals surface area contributed by atoms with Gasteiger partial charge in [-0.3, -0.25) is 0 Å². The second-order valence-corrected chi connectivity index (χ2v) is 13.1. The predicted molar refractivity (Wildman–Crippen MR) is 213 cm³/mol. The Balaban J connectivity index is 1.26. The molecule has 0 aliphatic carbocycles. The third-order valence-electron chi connectivity index (χ3n) is 9.05. The van der Waals surface area contributed by atoms with E-state index in [-0.39, 0.29) is 84.6 Å². The van der Waals surface area contributed by atoms with Crippen LogP contribution in [0.1, 0.15) is 19.5 Å². The summed E-state index contributed by atoms with van der Waals surface area (Å²) in [5, 5.41) is 0.467. The molecule has 51 heavy (non-hydrogen) atoms. The molecule has 0 aliphatic rings. The zero-order chi connectivity index (χ0) is 42.4. The van der Waals surface area contributed by atoms with Crippen molar-refractivity contribution in [1.82, 2.24) is 19.5 Å². The summed E-state index contributed by atoms with van der Waals surface area (Å²) >= 11 is 0.978. The van der Waals surface area contributed by atoms with E-state index in [1.54, 1.807) is 4.57 Å². The van der Waals surface area contributed by atoms with Crippen LogP contribution in [-0.2, 0) is 6.54 Å². The summed E-state index contributed by atoms with van der Waals surface area (Å²) in [5.74, 6) is 0.926. The fourth-order valence-electron chi connectivity index (χ4n) is 6.62. The van der Waals surface area contributed by atoms with Crippen molar-refractivity contribution in [2.75, 3.05) is 0 Å². The molecular formula is C46H30N4S. The molecule has 0 saturated heterocycles. The van der Waals surface area contributed by atoms with Crippen molar-refractivity contribution in [3.8, 4) is 45.0 Å². The van der Waals surface area contributed by atoms with Gasteiger partial charge >= 0.3 is 0 Å². The minimum atomic E-state index is -0.512. The van der Waals surface area contributed by atoms with Crippen LogP contribution >= 0.6 is 11.3 Å². The lowest BCUT2D eigenvalue weighted by molar-refractivity contribution is 0.787. The lowest BCUT2D eigenvalue weighted by Crippen LogP contribution is -2.08. The Hall–Kier alpha value is -6.43. The summed E-state index contributed by atoms with van der Waals surface area (Å²) in [6.07, 6.45) is 0. The molecule has 0 atom stereocenters. The zero-order valence-electron chi connectivity index (χ0n) is 36.8. The lowest BCUT2D eigenvalue weighted by atomic mass is 10.0. The first-order valence-corrected chi connectivity index (χ1v) is 17.1. The van der Waals surface area contributed by atoms with Gasteiger partial charge in [-0.25, -0.2) is 15.0 Å². The van der Waals surface area contributed by atoms with Crippen molar-refractivity contribution in [3.05, 3.63) is 175 Å². The molecule has 0 radical (unpaired) electrons. The first kappa shape index (κ1) is 20.9. The number of hydrogen-bond acceptors (Lipinski definition) is 4. The molecule has 240 valence electrons. The van der Waals surface area contributed by atoms with Crippen LogP contribution in [0.5, 0.6) is 0 Å². The molecule has 10 aromatic rings. The quantitative estimate of drug-likeness (QED) is 0.176. The van der Waals surface area contributed by atoms with Gasteiger partial charge in [0.05, 0.1) is 25.8 Å². The molecule has 0 aliphatic heterocycles. The van der Waals surface area contributed by atoms with Gasteiger partial charge < -0.3 is 4.57 Å². The van der Waals surface area contributed by atoms with Crippen LogP contribution in [0, 0.1) is 0 Å². The highest BCUT2D eigenvalue weighted by molar-refractivity contribution is 7.26. The monoisotopic (exact) mass is 680 g/mol. The molecule has 0 unspecified atom stereocenters. The molecule has 0 fully saturated rings. The van der Waals surface area contributed by atoms with Gasteiger partial charge in [0.15, 0.2) is 17.5 Å². The summed E-state index contributed by atoms with van der Waals surface area (Å²) in [6.45, 7) is -0.191. The summed E-state index contributed by atoms with van der Waals surface area (Å²) in [5.41, 5.74) is 5.75. The van der Waals surface area contributed by atoms with E-state index < -0.39 is 30.2 Å². The molecule has 0 spiro atoms. The van der Waals surface area contributed by atoms with Crippen LogP contribution in [0.25, 0.3) is 87.0 Å². The fraction of sp³-hybridized carbons (Fsp3) is 0.0217. The van der Waals surface area contributed by atoms with E-state index in [1.165, 1.54) is 0 Å². The fourth-order valence-corrected chi connectivity index (χ4v) is 7.59. The van der Waals surface area contributed by atoms with Crippen molar-refractivity contribution in [2.24, 2.45) is 0 Å². The SMILES string of the molecule is [2H]c1c([2H])c([2H])c2c(sc3c([2H])c([2H])c4c5c([2H])c([2H])c([2H])c([2H])c5n(Cc5nc(-c6ccc(-c7ccccc7)cc6)nc(-c6ccc(-c7ccccc7)cc6)n5)c4c32)c1[2H]. The summed E-state index contributed by atoms with van der Waals surface area (Å²) in [7, 11) is 0. The van der Waals surface area contributed by atoms with Gasteiger partial charge in [0.1, 0.15) is 0 Å². The van der Waals surface area contributed by atoms with E-state index in [0.717, 1.165) is 33.6 Å². The Morgan fingerprint density at radius 1 is 0.471 bits per heavy atom. The molecule has 0 amide bonds. The molecule has 0 bridgehead atoms.